The summed E-state index contributed by atoms with van der Waals surface area (Å²) in [6.07, 6.45) is -1.48. The molecule has 0 N–H and O–H groups in total. The van der Waals surface area contributed by atoms with Crippen LogP contribution in [0.15, 0.2) is 5.11 Å². The highest BCUT2D eigenvalue weighted by Crippen LogP contribution is 2.29. The fraction of sp³-hybridized carbons (Fsp3) is 0.833. The monoisotopic (exact) mass is 415 g/mol. The molecular formula is C18H29N3O8. The van der Waals surface area contributed by atoms with Crippen molar-refractivity contribution in [2.75, 3.05) is 13.2 Å². The zero-order valence-electron chi connectivity index (χ0n) is 17.2. The zero-order valence-corrected chi connectivity index (χ0v) is 17.2. The zero-order chi connectivity index (χ0) is 21.8. The number of azide groups is 1. The highest BCUT2D eigenvalue weighted by atomic mass is 16.7. The number of hydrogen-bond donors (Lipinski definition) is 0. The number of hydrogen-bond acceptors (Lipinski definition) is 9. The molecule has 0 aromatic carbocycles. The van der Waals surface area contributed by atoms with Crippen molar-refractivity contribution in [1.29, 1.82) is 0 Å². The molecule has 1 aliphatic rings. The number of nitrogens with zero attached hydrogens (tertiary/aromatic N) is 3. The van der Waals surface area contributed by atoms with Crippen molar-refractivity contribution >= 4 is 17.9 Å². The minimum atomic E-state index is -1.08. The molecule has 1 saturated heterocycles. The van der Waals surface area contributed by atoms with Crippen LogP contribution in [0.4, 0.5) is 0 Å². The smallest absolute Gasteiger partial charge is 0.303 e. The standard InChI is InChI=1S/C18H29N3O8/c1-11-15(27-12(2)22)16(28-13(3)23)17(29-14(4)24)18(26-11)25-10-8-6-5-7-9-20-21-19/h11,15-18H,5-10H2,1-4H3/t11-,15+,16+,17-,18-/m0/s1. The van der Waals surface area contributed by atoms with Crippen LogP contribution in [0, 0.1) is 0 Å². The first-order valence-electron chi connectivity index (χ1n) is 9.55. The van der Waals surface area contributed by atoms with Crippen LogP contribution in [-0.4, -0.2) is 61.8 Å². The van der Waals surface area contributed by atoms with Gasteiger partial charge in [0.1, 0.15) is 0 Å². The molecule has 0 bridgehead atoms. The van der Waals surface area contributed by atoms with Gasteiger partial charge in [-0.25, -0.2) is 0 Å². The maximum Gasteiger partial charge on any atom is 0.303 e. The van der Waals surface area contributed by atoms with Crippen LogP contribution in [-0.2, 0) is 38.1 Å². The molecule has 1 fully saturated rings. The van der Waals surface area contributed by atoms with Gasteiger partial charge in [0.15, 0.2) is 24.6 Å². The minimum Gasteiger partial charge on any atom is -0.456 e. The SMILES string of the molecule is CC(=O)O[C@H]1[C@H](OC(C)=O)[C@@H](OCCCCCCN=[N+]=[N-])O[C@@H](C)[C@H]1OC(C)=O. The number of esters is 3. The summed E-state index contributed by atoms with van der Waals surface area (Å²) in [4.78, 5) is 37.3. The van der Waals surface area contributed by atoms with Crippen molar-refractivity contribution in [3.05, 3.63) is 10.4 Å². The van der Waals surface area contributed by atoms with E-state index in [4.69, 9.17) is 29.2 Å². The molecule has 0 saturated carbocycles. The molecular weight excluding hydrogens is 386 g/mol. The summed E-state index contributed by atoms with van der Waals surface area (Å²) in [5.41, 5.74) is 8.23. The fourth-order valence-electron chi connectivity index (χ4n) is 2.99. The molecule has 0 unspecified atom stereocenters. The van der Waals surface area contributed by atoms with E-state index in [2.05, 4.69) is 10.0 Å². The van der Waals surface area contributed by atoms with Crippen LogP contribution in [0.5, 0.6) is 0 Å². The number of carbonyl (C=O) groups is 3. The lowest BCUT2D eigenvalue weighted by atomic mass is 9.99. The Kier molecular flexibility index (Phi) is 11.0. The van der Waals surface area contributed by atoms with Crippen molar-refractivity contribution in [2.45, 2.75) is 84.1 Å². The number of carbonyl (C=O) groups excluding carboxylic acids is 3. The summed E-state index contributed by atoms with van der Waals surface area (Å²) in [6.45, 7) is 6.08. The van der Waals surface area contributed by atoms with Gasteiger partial charge in [0.05, 0.1) is 6.10 Å². The van der Waals surface area contributed by atoms with Crippen molar-refractivity contribution in [1.82, 2.24) is 0 Å². The summed E-state index contributed by atoms with van der Waals surface area (Å²) in [7, 11) is 0. The van der Waals surface area contributed by atoms with Gasteiger partial charge in [0.25, 0.3) is 0 Å². The van der Waals surface area contributed by atoms with Gasteiger partial charge in [0.2, 0.25) is 0 Å². The van der Waals surface area contributed by atoms with Crippen LogP contribution in [0.1, 0.15) is 53.4 Å². The van der Waals surface area contributed by atoms with E-state index in [0.29, 0.717) is 19.6 Å². The van der Waals surface area contributed by atoms with Crippen molar-refractivity contribution in [3.8, 4) is 0 Å². The number of unbranched alkanes of at least 4 members (excludes halogenated alkanes) is 3. The molecule has 1 aliphatic heterocycles. The van der Waals surface area contributed by atoms with E-state index in [9.17, 15) is 14.4 Å². The first-order chi connectivity index (χ1) is 13.8. The Bertz CT molecular complexity index is 608. The summed E-state index contributed by atoms with van der Waals surface area (Å²) in [5, 5.41) is 3.47. The van der Waals surface area contributed by atoms with E-state index in [1.165, 1.54) is 20.8 Å². The normalized spacial score (nSPS) is 26.1. The quantitative estimate of drug-likeness (QED) is 0.125. The first-order valence-corrected chi connectivity index (χ1v) is 9.55. The van der Waals surface area contributed by atoms with Gasteiger partial charge in [0, 0.05) is 38.8 Å². The Morgan fingerprint density at radius 2 is 1.45 bits per heavy atom. The second kappa shape index (κ2) is 13.0. The number of ether oxygens (including phenoxy) is 5. The van der Waals surface area contributed by atoms with Gasteiger partial charge >= 0.3 is 17.9 Å². The first kappa shape index (κ1) is 24.7. The van der Waals surface area contributed by atoms with Gasteiger partial charge in [-0.1, -0.05) is 18.0 Å². The van der Waals surface area contributed by atoms with Gasteiger partial charge < -0.3 is 23.7 Å². The summed E-state index contributed by atoms with van der Waals surface area (Å²) in [5.74, 6) is -1.81. The molecule has 164 valence electrons. The highest BCUT2D eigenvalue weighted by Gasteiger charge is 2.50. The van der Waals surface area contributed by atoms with Crippen molar-refractivity contribution in [3.63, 3.8) is 0 Å². The third-order valence-corrected chi connectivity index (χ3v) is 4.13. The third kappa shape index (κ3) is 9.12. The molecule has 0 amide bonds. The van der Waals surface area contributed by atoms with Crippen LogP contribution in [0.25, 0.3) is 10.4 Å². The molecule has 1 rings (SSSR count). The maximum atomic E-state index is 11.6. The van der Waals surface area contributed by atoms with Crippen molar-refractivity contribution < 1.29 is 38.1 Å². The van der Waals surface area contributed by atoms with E-state index in [1.54, 1.807) is 6.92 Å². The Morgan fingerprint density at radius 1 is 0.897 bits per heavy atom. The predicted octanol–water partition coefficient (Wildman–Crippen LogP) is 2.41. The van der Waals surface area contributed by atoms with Gasteiger partial charge in [-0.3, -0.25) is 14.4 Å². The number of rotatable bonds is 11. The topological polar surface area (TPSA) is 146 Å². The predicted molar refractivity (Wildman–Crippen MR) is 99.4 cm³/mol. The third-order valence-electron chi connectivity index (χ3n) is 4.13. The fourth-order valence-corrected chi connectivity index (χ4v) is 2.99. The average Bonchev–Trinajstić information content (AvgIpc) is 2.62. The van der Waals surface area contributed by atoms with E-state index in [0.717, 1.165) is 19.3 Å². The van der Waals surface area contributed by atoms with Crippen LogP contribution in [0.2, 0.25) is 0 Å². The molecule has 0 spiro atoms. The molecule has 0 radical (unpaired) electrons. The largest absolute Gasteiger partial charge is 0.456 e. The van der Waals surface area contributed by atoms with E-state index < -0.39 is 48.6 Å². The van der Waals surface area contributed by atoms with E-state index in [-0.39, 0.29) is 0 Å². The van der Waals surface area contributed by atoms with Gasteiger partial charge in [-0.2, -0.15) is 0 Å². The Hall–Kier alpha value is -2.36. The maximum absolute atomic E-state index is 11.6. The molecule has 29 heavy (non-hydrogen) atoms. The van der Waals surface area contributed by atoms with E-state index >= 15 is 0 Å². The van der Waals surface area contributed by atoms with Crippen LogP contribution >= 0.6 is 0 Å². The molecule has 1 heterocycles. The van der Waals surface area contributed by atoms with Gasteiger partial charge in [-0.05, 0) is 25.3 Å². The second-order valence-electron chi connectivity index (χ2n) is 6.67. The lowest BCUT2D eigenvalue weighted by molar-refractivity contribution is -0.300. The lowest BCUT2D eigenvalue weighted by Gasteiger charge is -2.43. The van der Waals surface area contributed by atoms with Gasteiger partial charge in [-0.15, -0.1) is 0 Å². The van der Waals surface area contributed by atoms with E-state index in [1.807, 2.05) is 0 Å². The second-order valence-corrected chi connectivity index (χ2v) is 6.67. The summed E-state index contributed by atoms with van der Waals surface area (Å²) in [6, 6.07) is 0. The highest BCUT2D eigenvalue weighted by molar-refractivity contribution is 5.68. The molecule has 11 heteroatoms. The molecule has 0 aliphatic carbocycles. The summed E-state index contributed by atoms with van der Waals surface area (Å²) < 4.78 is 27.4. The molecule has 11 nitrogen and oxygen atoms in total. The molecule has 0 aromatic rings. The Morgan fingerprint density at radius 3 is 2.03 bits per heavy atom. The average molecular weight is 415 g/mol. The lowest BCUT2D eigenvalue weighted by Crippen LogP contribution is -2.61. The molecule has 0 aromatic heterocycles. The summed E-state index contributed by atoms with van der Waals surface area (Å²) >= 11 is 0. The minimum absolute atomic E-state index is 0.321. The Balaban J connectivity index is 2.75. The molecule has 5 atom stereocenters. The van der Waals surface area contributed by atoms with Crippen LogP contribution < -0.4 is 0 Å². The Labute approximate surface area is 169 Å². The van der Waals surface area contributed by atoms with Crippen molar-refractivity contribution in [2.24, 2.45) is 5.11 Å². The van der Waals surface area contributed by atoms with Crippen LogP contribution in [0.3, 0.4) is 0 Å².